The van der Waals surface area contributed by atoms with Crippen LogP contribution in [0.2, 0.25) is 0 Å². The van der Waals surface area contributed by atoms with Crippen LogP contribution in [0.5, 0.6) is 11.5 Å². The van der Waals surface area contributed by atoms with E-state index in [1.807, 2.05) is 6.07 Å². The number of ether oxygens (including phenoxy) is 2. The van der Waals surface area contributed by atoms with Gasteiger partial charge in [-0.3, -0.25) is 4.79 Å². The minimum absolute atomic E-state index is 0.130. The predicted molar refractivity (Wildman–Crippen MR) is 98.9 cm³/mol. The molecule has 0 fully saturated rings. The highest BCUT2D eigenvalue weighted by molar-refractivity contribution is 5.99. The number of nitrogens with zero attached hydrogens (tertiary/aromatic N) is 1. The highest BCUT2D eigenvalue weighted by atomic mass is 19.4. The van der Waals surface area contributed by atoms with E-state index in [2.05, 4.69) is 15.0 Å². The Labute approximate surface area is 165 Å². The van der Waals surface area contributed by atoms with E-state index in [9.17, 15) is 22.8 Å². The van der Waals surface area contributed by atoms with Crippen molar-refractivity contribution in [2.24, 2.45) is 4.99 Å². The van der Waals surface area contributed by atoms with E-state index in [0.29, 0.717) is 0 Å². The quantitative estimate of drug-likeness (QED) is 0.557. The van der Waals surface area contributed by atoms with Crippen molar-refractivity contribution in [2.75, 3.05) is 0 Å². The lowest BCUT2D eigenvalue weighted by Gasteiger charge is -2.24. The molecule has 29 heavy (non-hydrogen) atoms. The van der Waals surface area contributed by atoms with Crippen LogP contribution >= 0.6 is 0 Å². The van der Waals surface area contributed by atoms with Crippen molar-refractivity contribution >= 4 is 17.7 Å². The largest absolute Gasteiger partial charge is 0.573 e. The molecule has 9 heteroatoms. The van der Waals surface area contributed by atoms with Gasteiger partial charge in [-0.15, -0.1) is 13.2 Å². The van der Waals surface area contributed by atoms with Gasteiger partial charge in [0.1, 0.15) is 17.0 Å². The summed E-state index contributed by atoms with van der Waals surface area (Å²) in [6, 6.07) is 10.7. The zero-order valence-corrected chi connectivity index (χ0v) is 16.0. The van der Waals surface area contributed by atoms with E-state index in [0.717, 1.165) is 17.7 Å². The fourth-order valence-electron chi connectivity index (χ4n) is 2.37. The van der Waals surface area contributed by atoms with E-state index < -0.39 is 23.6 Å². The van der Waals surface area contributed by atoms with Gasteiger partial charge < -0.3 is 14.8 Å². The molecule has 1 amide bonds. The average molecular weight is 408 g/mol. The predicted octanol–water partition coefficient (Wildman–Crippen LogP) is 4.66. The molecular weight excluding hydrogens is 389 g/mol. The molecule has 0 bridgehead atoms. The lowest BCUT2D eigenvalue weighted by molar-refractivity contribution is -0.274. The molecular formula is C20H19F3N2O4. The molecule has 0 aromatic heterocycles. The van der Waals surface area contributed by atoms with Crippen molar-refractivity contribution in [3.8, 4) is 11.5 Å². The maximum absolute atomic E-state index is 12.7. The van der Waals surface area contributed by atoms with Crippen molar-refractivity contribution in [1.29, 1.82) is 0 Å². The standard InChI is InChI=1S/C20H19F3N2O4/c1-19(2,3)29-17-15(18(27)24-11-13-7-5-4-6-8-13)9-14(28-20(21,22)23)10-16(17)25-12-26/h4-10H,11H2,1-3H3,(H,24,27). The summed E-state index contributed by atoms with van der Waals surface area (Å²) in [6.45, 7) is 5.15. The third-order valence-corrected chi connectivity index (χ3v) is 3.39. The Morgan fingerprint density at radius 1 is 1.10 bits per heavy atom. The first-order chi connectivity index (χ1) is 13.5. The number of halogens is 3. The van der Waals surface area contributed by atoms with E-state index in [-0.39, 0.29) is 23.5 Å². The Hall–Kier alpha value is -3.32. The minimum atomic E-state index is -4.99. The molecule has 0 heterocycles. The molecule has 0 aliphatic heterocycles. The van der Waals surface area contributed by atoms with Crippen molar-refractivity contribution in [3.63, 3.8) is 0 Å². The minimum Gasteiger partial charge on any atom is -0.485 e. The number of carbonyl (C=O) groups excluding carboxylic acids is 2. The number of carbonyl (C=O) groups is 1. The van der Waals surface area contributed by atoms with Gasteiger partial charge in [-0.05, 0) is 32.4 Å². The Morgan fingerprint density at radius 2 is 1.76 bits per heavy atom. The maximum Gasteiger partial charge on any atom is 0.573 e. The molecule has 6 nitrogen and oxygen atoms in total. The molecule has 0 aliphatic carbocycles. The molecule has 2 aromatic rings. The van der Waals surface area contributed by atoms with Gasteiger partial charge in [0.15, 0.2) is 5.75 Å². The Balaban J connectivity index is 2.48. The molecule has 0 spiro atoms. The summed E-state index contributed by atoms with van der Waals surface area (Å²) in [5, 5.41) is 2.60. The second-order valence-corrected chi connectivity index (χ2v) is 6.95. The van der Waals surface area contributed by atoms with Crippen molar-refractivity contribution in [2.45, 2.75) is 39.3 Å². The molecule has 2 rings (SSSR count). The van der Waals surface area contributed by atoms with Gasteiger partial charge >= 0.3 is 6.36 Å². The van der Waals surface area contributed by atoms with E-state index >= 15 is 0 Å². The van der Waals surface area contributed by atoms with Gasteiger partial charge in [0, 0.05) is 12.6 Å². The molecule has 0 radical (unpaired) electrons. The number of benzene rings is 2. The molecule has 0 aliphatic rings. The molecule has 0 atom stereocenters. The fraction of sp³-hybridized carbons (Fsp3) is 0.300. The molecule has 0 saturated heterocycles. The maximum atomic E-state index is 12.7. The first kappa shape index (κ1) is 22.0. The van der Waals surface area contributed by atoms with E-state index in [1.54, 1.807) is 45.0 Å². The van der Waals surface area contributed by atoms with Crippen LogP contribution in [0.15, 0.2) is 47.5 Å². The molecule has 154 valence electrons. The summed E-state index contributed by atoms with van der Waals surface area (Å²) in [6.07, 6.45) is -3.74. The number of aliphatic imine (C=N–C) groups is 1. The van der Waals surface area contributed by atoms with E-state index in [4.69, 9.17) is 4.74 Å². The molecule has 1 N–H and O–H groups in total. The monoisotopic (exact) mass is 408 g/mol. The number of hydrogen-bond acceptors (Lipinski definition) is 5. The van der Waals surface area contributed by atoms with Gasteiger partial charge in [-0.2, -0.15) is 4.99 Å². The van der Waals surface area contributed by atoms with Crippen molar-refractivity contribution in [1.82, 2.24) is 5.32 Å². The lowest BCUT2D eigenvalue weighted by Crippen LogP contribution is -2.28. The van der Waals surface area contributed by atoms with Crippen LogP contribution in [0, 0.1) is 0 Å². The van der Waals surface area contributed by atoms with Crippen LogP contribution in [0.25, 0.3) is 0 Å². The Morgan fingerprint density at radius 3 is 2.31 bits per heavy atom. The first-order valence-corrected chi connectivity index (χ1v) is 8.51. The van der Waals surface area contributed by atoms with Gasteiger partial charge in [-0.25, -0.2) is 4.79 Å². The fourth-order valence-corrected chi connectivity index (χ4v) is 2.37. The highest BCUT2D eigenvalue weighted by Crippen LogP contribution is 2.39. The van der Waals surface area contributed by atoms with Crippen LogP contribution < -0.4 is 14.8 Å². The van der Waals surface area contributed by atoms with Gasteiger partial charge in [-0.1, -0.05) is 30.3 Å². The molecule has 2 aromatic carbocycles. The zero-order chi connectivity index (χ0) is 21.7. The van der Waals surface area contributed by atoms with Crippen LogP contribution in [-0.2, 0) is 11.3 Å². The Bertz CT molecular complexity index is 916. The van der Waals surface area contributed by atoms with Crippen LogP contribution in [0.3, 0.4) is 0 Å². The number of nitrogens with one attached hydrogen (secondary N) is 1. The zero-order valence-electron chi connectivity index (χ0n) is 16.0. The topological polar surface area (TPSA) is 77.0 Å². The Kier molecular flexibility index (Phi) is 6.66. The number of alkyl halides is 3. The third-order valence-electron chi connectivity index (χ3n) is 3.39. The first-order valence-electron chi connectivity index (χ1n) is 8.51. The van der Waals surface area contributed by atoms with Crippen LogP contribution in [0.4, 0.5) is 18.9 Å². The average Bonchev–Trinajstić information content (AvgIpc) is 2.60. The van der Waals surface area contributed by atoms with Gasteiger partial charge in [0.2, 0.25) is 6.08 Å². The van der Waals surface area contributed by atoms with Crippen molar-refractivity contribution < 1.29 is 32.2 Å². The summed E-state index contributed by atoms with van der Waals surface area (Å²) in [5.41, 5.74) is -0.602. The third kappa shape index (κ3) is 6.97. The second-order valence-electron chi connectivity index (χ2n) is 6.95. The van der Waals surface area contributed by atoms with Crippen LogP contribution in [-0.4, -0.2) is 24.0 Å². The summed E-state index contributed by atoms with van der Waals surface area (Å²) in [4.78, 5) is 26.9. The number of isocyanates is 1. The lowest BCUT2D eigenvalue weighted by atomic mass is 10.1. The number of amides is 1. The van der Waals surface area contributed by atoms with Gasteiger partial charge in [0.05, 0.1) is 5.56 Å². The second kappa shape index (κ2) is 8.79. The summed E-state index contributed by atoms with van der Waals surface area (Å²) in [5.74, 6) is -1.58. The van der Waals surface area contributed by atoms with Crippen molar-refractivity contribution in [3.05, 3.63) is 53.6 Å². The summed E-state index contributed by atoms with van der Waals surface area (Å²) >= 11 is 0. The number of rotatable bonds is 6. The SMILES string of the molecule is CC(C)(C)Oc1c(N=C=O)cc(OC(F)(F)F)cc1C(=O)NCc1ccccc1. The molecule has 0 unspecified atom stereocenters. The van der Waals surface area contributed by atoms with E-state index in [1.165, 1.54) is 6.08 Å². The summed E-state index contributed by atoms with van der Waals surface area (Å²) < 4.78 is 47.6. The van der Waals surface area contributed by atoms with Gasteiger partial charge in [0.25, 0.3) is 5.91 Å². The molecule has 0 saturated carbocycles. The number of hydrogen-bond donors (Lipinski definition) is 1. The highest BCUT2D eigenvalue weighted by Gasteiger charge is 2.33. The smallest absolute Gasteiger partial charge is 0.485 e. The van der Waals surface area contributed by atoms with Crippen LogP contribution in [0.1, 0.15) is 36.7 Å². The normalized spacial score (nSPS) is 11.4. The summed E-state index contributed by atoms with van der Waals surface area (Å²) in [7, 11) is 0.